The summed E-state index contributed by atoms with van der Waals surface area (Å²) >= 11 is 4.20. The van der Waals surface area contributed by atoms with Gasteiger partial charge < -0.3 is 21.0 Å². The minimum absolute atomic E-state index is 0.0575. The molecule has 0 spiro atoms. The van der Waals surface area contributed by atoms with Crippen molar-refractivity contribution in [1.82, 2.24) is 15.2 Å². The lowest BCUT2D eigenvalue weighted by Gasteiger charge is -2.49. The fourth-order valence-electron chi connectivity index (χ4n) is 3.76. The van der Waals surface area contributed by atoms with Crippen LogP contribution in [0.4, 0.5) is 13.9 Å². The number of nitrogens with zero attached hydrogens (tertiary/aromatic N) is 4. The zero-order chi connectivity index (χ0) is 28.1. The van der Waals surface area contributed by atoms with E-state index in [0.717, 1.165) is 16.4 Å². The average Bonchev–Trinajstić information content (AvgIpc) is 3.33. The first kappa shape index (κ1) is 29.1. The highest BCUT2D eigenvalue weighted by Gasteiger charge is 2.54. The van der Waals surface area contributed by atoms with E-state index in [1.54, 1.807) is 0 Å². The Balaban J connectivity index is 1.46. The van der Waals surface area contributed by atoms with E-state index in [1.807, 2.05) is 36.0 Å². The summed E-state index contributed by atoms with van der Waals surface area (Å²) in [7, 11) is 1.88. The normalized spacial score (nSPS) is 19.1. The van der Waals surface area contributed by atoms with Gasteiger partial charge in [-0.25, -0.2) is 9.78 Å². The predicted molar refractivity (Wildman–Crippen MR) is 146 cm³/mol. The summed E-state index contributed by atoms with van der Waals surface area (Å²) in [5.74, 6) is -4.46. The smallest absolute Gasteiger partial charge is 0.353 e. The number of thiazole rings is 1. The predicted octanol–water partition coefficient (Wildman–Crippen LogP) is 1.76. The van der Waals surface area contributed by atoms with E-state index in [9.17, 15) is 28.3 Å². The van der Waals surface area contributed by atoms with Crippen LogP contribution >= 0.6 is 46.6 Å². The number of carboxylic acid groups (broad SMARTS) is 1. The van der Waals surface area contributed by atoms with Crippen LogP contribution in [0, 0.1) is 0 Å². The van der Waals surface area contributed by atoms with E-state index in [1.165, 1.54) is 33.8 Å². The van der Waals surface area contributed by atoms with Gasteiger partial charge >= 0.3 is 5.97 Å². The van der Waals surface area contributed by atoms with Crippen molar-refractivity contribution in [2.45, 2.75) is 22.9 Å². The van der Waals surface area contributed by atoms with E-state index in [-0.39, 0.29) is 34.6 Å². The Morgan fingerprint density at radius 1 is 1.44 bits per heavy atom. The molecule has 39 heavy (non-hydrogen) atoms. The number of halogens is 2. The van der Waals surface area contributed by atoms with Gasteiger partial charge in [0.1, 0.15) is 31.1 Å². The van der Waals surface area contributed by atoms with Crippen LogP contribution in [0.5, 0.6) is 0 Å². The number of nitrogen functional groups attached to an aromatic ring is 1. The fraction of sp³-hybridized carbons (Fsp3) is 0.364. The van der Waals surface area contributed by atoms with Crippen LogP contribution in [0.1, 0.15) is 5.69 Å². The second-order valence-electron chi connectivity index (χ2n) is 8.03. The highest BCUT2D eigenvalue weighted by Crippen LogP contribution is 2.40. The summed E-state index contributed by atoms with van der Waals surface area (Å²) in [6.07, 6.45) is 1.88. The third-order valence-electron chi connectivity index (χ3n) is 5.55. The van der Waals surface area contributed by atoms with Crippen molar-refractivity contribution < 1.29 is 37.7 Å². The molecule has 2 aromatic heterocycles. The highest BCUT2D eigenvalue weighted by molar-refractivity contribution is 8.06. The molecule has 0 aromatic carbocycles. The number of alkyl halides is 2. The van der Waals surface area contributed by atoms with Gasteiger partial charge in [-0.1, -0.05) is 28.7 Å². The number of aryl methyl sites for hydroxylation is 1. The SMILES string of the molecule is C[n+]1ccccc1SCC1=C(C(=O)O)N2C(=O)C(NC(=O)C(=NOCCSC(F)F)c3csc(N)n3)C2CS1. The average molecular weight is 618 g/mol. The number of hydrogen-bond acceptors (Lipinski definition) is 11. The molecule has 4 heterocycles. The Kier molecular flexibility index (Phi) is 9.68. The molecular weight excluding hydrogens is 595 g/mol. The molecule has 0 aliphatic carbocycles. The van der Waals surface area contributed by atoms with Crippen molar-refractivity contribution in [2.75, 3.05) is 29.6 Å². The van der Waals surface area contributed by atoms with Crippen molar-refractivity contribution in [3.63, 3.8) is 0 Å². The topological polar surface area (TPSA) is 151 Å². The molecule has 2 atom stereocenters. The van der Waals surface area contributed by atoms with Gasteiger partial charge in [-0.2, -0.15) is 13.3 Å². The fourth-order valence-corrected chi connectivity index (χ4v) is 7.06. The summed E-state index contributed by atoms with van der Waals surface area (Å²) in [5.41, 5.74) is 5.39. The number of oxime groups is 1. The quantitative estimate of drug-likeness (QED) is 0.0803. The Hall–Kier alpha value is -2.89. The molecule has 4 rings (SSSR count). The standard InChI is InChI=1S/C22H22F2N6O5S4/c1-29-5-3-2-4-14(29)38-10-13-17(20(33)34)30-12(9-37-13)16(19(30)32)27-18(31)15(11-8-39-22(25)26-11)28-35-6-7-36-21(23)24/h2-5,8,12,16,21H,6-7,9-10H2,1H3,(H3-,25,26,27,31,33,34)/p+1. The number of thioether (sulfide) groups is 3. The van der Waals surface area contributed by atoms with Gasteiger partial charge in [-0.15, -0.1) is 23.1 Å². The molecule has 0 saturated carbocycles. The molecule has 2 aromatic rings. The van der Waals surface area contributed by atoms with Crippen molar-refractivity contribution in [3.8, 4) is 0 Å². The van der Waals surface area contributed by atoms with E-state index in [0.29, 0.717) is 28.2 Å². The van der Waals surface area contributed by atoms with Crippen LogP contribution in [0.2, 0.25) is 0 Å². The number of amides is 2. The Morgan fingerprint density at radius 3 is 2.90 bits per heavy atom. The van der Waals surface area contributed by atoms with Crippen LogP contribution in [-0.4, -0.2) is 80.2 Å². The van der Waals surface area contributed by atoms with Crippen LogP contribution in [-0.2, 0) is 26.3 Å². The van der Waals surface area contributed by atoms with Crippen molar-refractivity contribution >= 4 is 75.2 Å². The minimum atomic E-state index is -2.56. The van der Waals surface area contributed by atoms with Gasteiger partial charge in [0.25, 0.3) is 17.6 Å². The van der Waals surface area contributed by atoms with Crippen LogP contribution < -0.4 is 15.6 Å². The lowest BCUT2D eigenvalue weighted by molar-refractivity contribution is -0.708. The van der Waals surface area contributed by atoms with E-state index >= 15 is 0 Å². The first-order valence-corrected chi connectivity index (χ1v) is 15.2. The maximum absolute atomic E-state index is 13.1. The first-order valence-electron chi connectivity index (χ1n) is 11.3. The van der Waals surface area contributed by atoms with Gasteiger partial charge in [-0.3, -0.25) is 14.5 Å². The molecule has 0 radical (unpaired) electrons. The first-order chi connectivity index (χ1) is 18.7. The molecule has 17 heteroatoms. The van der Waals surface area contributed by atoms with Crippen LogP contribution in [0.15, 0.2) is 50.6 Å². The molecule has 208 valence electrons. The van der Waals surface area contributed by atoms with Gasteiger partial charge in [0, 0.05) is 39.7 Å². The Morgan fingerprint density at radius 2 is 2.23 bits per heavy atom. The number of aliphatic carboxylic acids is 1. The number of nitrogens with one attached hydrogen (secondary N) is 1. The maximum atomic E-state index is 13.1. The number of fused-ring (bicyclic) bond motifs is 1. The van der Waals surface area contributed by atoms with Gasteiger partial charge in [0.05, 0.1) is 6.04 Å². The highest BCUT2D eigenvalue weighted by atomic mass is 32.2. The van der Waals surface area contributed by atoms with E-state index in [4.69, 9.17) is 10.6 Å². The monoisotopic (exact) mass is 617 g/mol. The summed E-state index contributed by atoms with van der Waals surface area (Å²) in [6, 6.07) is 4.12. The molecule has 11 nitrogen and oxygen atoms in total. The zero-order valence-electron chi connectivity index (χ0n) is 20.3. The Bertz CT molecular complexity index is 1320. The number of carbonyl (C=O) groups is 3. The van der Waals surface area contributed by atoms with E-state index < -0.39 is 35.6 Å². The molecular formula is C22H23F2N6O5S4+. The third kappa shape index (κ3) is 6.82. The van der Waals surface area contributed by atoms with Crippen molar-refractivity contribution in [1.29, 1.82) is 0 Å². The molecule has 2 amide bonds. The van der Waals surface area contributed by atoms with Crippen LogP contribution in [0.3, 0.4) is 0 Å². The lowest BCUT2D eigenvalue weighted by atomic mass is 9.94. The molecule has 0 bridgehead atoms. The largest absolute Gasteiger partial charge is 0.477 e. The van der Waals surface area contributed by atoms with Crippen LogP contribution in [0.25, 0.3) is 0 Å². The second kappa shape index (κ2) is 13.0. The molecule has 2 aliphatic rings. The summed E-state index contributed by atoms with van der Waals surface area (Å²) in [6.45, 7) is -0.185. The van der Waals surface area contributed by atoms with Crippen molar-refractivity contribution in [2.24, 2.45) is 12.2 Å². The van der Waals surface area contributed by atoms with E-state index in [2.05, 4.69) is 15.5 Å². The lowest BCUT2D eigenvalue weighted by Crippen LogP contribution is -2.73. The van der Waals surface area contributed by atoms with Gasteiger partial charge in [0.15, 0.2) is 17.0 Å². The number of anilines is 1. The third-order valence-corrected chi connectivity index (χ3v) is 9.41. The number of hydrogen-bond donors (Lipinski definition) is 3. The summed E-state index contributed by atoms with van der Waals surface area (Å²) in [4.78, 5) is 49.1. The number of nitrogens with two attached hydrogens (primary N) is 1. The van der Waals surface area contributed by atoms with Crippen molar-refractivity contribution in [3.05, 3.63) is 46.1 Å². The number of carbonyl (C=O) groups excluding carboxylic acids is 2. The molecule has 2 unspecified atom stereocenters. The number of β-lactam (4-membered cyclic amide) rings is 1. The summed E-state index contributed by atoms with van der Waals surface area (Å²) in [5, 5.41) is 18.8. The molecule has 1 fully saturated rings. The molecule has 4 N–H and O–H groups in total. The summed E-state index contributed by atoms with van der Waals surface area (Å²) < 4.78 is 26.6. The number of pyridine rings is 1. The number of carboxylic acids is 1. The maximum Gasteiger partial charge on any atom is 0.353 e. The number of aromatic nitrogens is 2. The minimum Gasteiger partial charge on any atom is -0.477 e. The van der Waals surface area contributed by atoms with Gasteiger partial charge in [0.2, 0.25) is 5.03 Å². The van der Waals surface area contributed by atoms with Gasteiger partial charge in [-0.05, 0) is 6.07 Å². The Labute approximate surface area is 238 Å². The second-order valence-corrected chi connectivity index (χ2v) is 12.1. The zero-order valence-corrected chi connectivity index (χ0v) is 23.5. The molecule has 1 saturated heterocycles. The number of rotatable bonds is 12. The molecule has 2 aliphatic heterocycles.